The Morgan fingerprint density at radius 1 is 1.43 bits per heavy atom. The van der Waals surface area contributed by atoms with Gasteiger partial charge >= 0.3 is 0 Å². The van der Waals surface area contributed by atoms with Gasteiger partial charge in [-0.2, -0.15) is 5.10 Å². The number of piperidine rings is 1. The Morgan fingerprint density at radius 3 is 2.76 bits per heavy atom. The Labute approximate surface area is 128 Å². The minimum Gasteiger partial charge on any atom is -0.375 e. The Hall–Kier alpha value is -2.22. The Balaban J connectivity index is 2.24. The second-order valence-electron chi connectivity index (χ2n) is 4.79. The van der Waals surface area contributed by atoms with Crippen molar-refractivity contribution in [1.82, 2.24) is 5.43 Å². The molecule has 7 nitrogen and oxygen atoms in total. The van der Waals surface area contributed by atoms with Gasteiger partial charge in [0.2, 0.25) is 0 Å². The van der Waals surface area contributed by atoms with Crippen molar-refractivity contribution in [1.29, 1.82) is 0 Å². The van der Waals surface area contributed by atoms with Gasteiger partial charge in [0.05, 0.1) is 11.1 Å². The summed E-state index contributed by atoms with van der Waals surface area (Å²) >= 11 is 4.62. The maximum atomic E-state index is 11.3. The zero-order chi connectivity index (χ0) is 15.2. The molecule has 0 saturated carbocycles. The molecule has 1 heterocycles. The molecule has 0 atom stereocenters. The van der Waals surface area contributed by atoms with E-state index in [1.54, 1.807) is 12.1 Å². The van der Waals surface area contributed by atoms with Gasteiger partial charge in [0.1, 0.15) is 5.69 Å². The molecule has 1 aromatic rings. The van der Waals surface area contributed by atoms with E-state index in [0.717, 1.165) is 25.9 Å². The van der Waals surface area contributed by atoms with Gasteiger partial charge < -0.3 is 10.6 Å². The molecule has 1 saturated heterocycles. The molecule has 21 heavy (non-hydrogen) atoms. The molecular weight excluding hydrogens is 290 g/mol. The van der Waals surface area contributed by atoms with Crippen LogP contribution in [0.25, 0.3) is 0 Å². The molecule has 3 N–H and O–H groups in total. The largest absolute Gasteiger partial charge is 0.375 e. The molecule has 8 heteroatoms. The molecule has 0 aromatic heterocycles. The molecule has 0 spiro atoms. The molecule has 0 amide bonds. The average molecular weight is 307 g/mol. The summed E-state index contributed by atoms with van der Waals surface area (Å²) in [7, 11) is 0. The highest BCUT2D eigenvalue weighted by molar-refractivity contribution is 7.80. The lowest BCUT2D eigenvalue weighted by Gasteiger charge is -2.28. The third-order valence-electron chi connectivity index (χ3n) is 3.28. The third kappa shape index (κ3) is 4.12. The summed E-state index contributed by atoms with van der Waals surface area (Å²) in [6.45, 7) is 1.72. The third-order valence-corrected chi connectivity index (χ3v) is 3.37. The minimum absolute atomic E-state index is 0.0469. The van der Waals surface area contributed by atoms with E-state index in [2.05, 4.69) is 27.6 Å². The molecule has 0 unspecified atom stereocenters. The summed E-state index contributed by atoms with van der Waals surface area (Å²) in [6.07, 6.45) is 4.77. The van der Waals surface area contributed by atoms with Crippen molar-refractivity contribution in [2.24, 2.45) is 10.8 Å². The molecule has 0 bridgehead atoms. The van der Waals surface area contributed by atoms with Gasteiger partial charge in [0.15, 0.2) is 5.11 Å². The van der Waals surface area contributed by atoms with Crippen LogP contribution in [-0.4, -0.2) is 29.3 Å². The number of benzene rings is 1. The predicted molar refractivity (Wildman–Crippen MR) is 86.7 cm³/mol. The van der Waals surface area contributed by atoms with E-state index in [1.807, 2.05) is 0 Å². The number of hydrazone groups is 1. The van der Waals surface area contributed by atoms with Crippen molar-refractivity contribution in [3.8, 4) is 0 Å². The van der Waals surface area contributed by atoms with Crippen LogP contribution < -0.4 is 16.1 Å². The molecule has 1 aromatic carbocycles. The number of nitrogens with two attached hydrogens (primary N) is 1. The van der Waals surface area contributed by atoms with E-state index in [4.69, 9.17) is 5.73 Å². The van der Waals surface area contributed by atoms with Gasteiger partial charge in [-0.3, -0.25) is 15.5 Å². The van der Waals surface area contributed by atoms with Crippen LogP contribution in [0.1, 0.15) is 24.8 Å². The summed E-state index contributed by atoms with van der Waals surface area (Å²) in [5, 5.41) is 15.1. The van der Waals surface area contributed by atoms with Gasteiger partial charge in [-0.25, -0.2) is 0 Å². The minimum atomic E-state index is -0.359. The topological polar surface area (TPSA) is 96.8 Å². The molecule has 2 rings (SSSR count). The summed E-state index contributed by atoms with van der Waals surface area (Å²) < 4.78 is 0. The number of anilines is 1. The lowest BCUT2D eigenvalue weighted by molar-refractivity contribution is -0.384. The first-order chi connectivity index (χ1) is 10.1. The van der Waals surface area contributed by atoms with Crippen LogP contribution in [0, 0.1) is 10.1 Å². The zero-order valence-electron chi connectivity index (χ0n) is 11.5. The summed E-state index contributed by atoms with van der Waals surface area (Å²) in [6, 6.07) is 5.07. The molecule has 112 valence electrons. The number of hydrogen-bond acceptors (Lipinski definition) is 5. The van der Waals surface area contributed by atoms with Crippen LogP contribution in [-0.2, 0) is 0 Å². The van der Waals surface area contributed by atoms with Gasteiger partial charge in [-0.15, -0.1) is 0 Å². The molecule has 0 radical (unpaired) electrons. The highest BCUT2D eigenvalue weighted by Crippen LogP contribution is 2.30. The fourth-order valence-electron chi connectivity index (χ4n) is 2.34. The normalized spacial score (nSPS) is 15.1. The van der Waals surface area contributed by atoms with E-state index in [0.29, 0.717) is 11.3 Å². The quantitative estimate of drug-likeness (QED) is 0.381. The highest BCUT2D eigenvalue weighted by atomic mass is 32.1. The number of nitrogens with zero attached hydrogens (tertiary/aromatic N) is 3. The first-order valence-electron chi connectivity index (χ1n) is 6.70. The van der Waals surface area contributed by atoms with Gasteiger partial charge in [0.25, 0.3) is 5.69 Å². The number of rotatable bonds is 4. The molecule has 0 aliphatic carbocycles. The first-order valence-corrected chi connectivity index (χ1v) is 7.10. The number of nitro groups is 1. The monoisotopic (exact) mass is 307 g/mol. The smallest absolute Gasteiger partial charge is 0.293 e. The predicted octanol–water partition coefficient (Wildman–Crippen LogP) is 1.75. The summed E-state index contributed by atoms with van der Waals surface area (Å²) in [5.74, 6) is 0. The second kappa shape index (κ2) is 6.98. The van der Waals surface area contributed by atoms with Crippen LogP contribution in [0.15, 0.2) is 23.3 Å². The van der Waals surface area contributed by atoms with E-state index < -0.39 is 0 Å². The van der Waals surface area contributed by atoms with Crippen LogP contribution in [0.3, 0.4) is 0 Å². The molecule has 1 aliphatic heterocycles. The van der Waals surface area contributed by atoms with Crippen LogP contribution in [0.2, 0.25) is 0 Å². The summed E-state index contributed by atoms with van der Waals surface area (Å²) in [4.78, 5) is 13.0. The van der Waals surface area contributed by atoms with Crippen molar-refractivity contribution in [2.75, 3.05) is 18.0 Å². The maximum absolute atomic E-state index is 11.3. The summed E-state index contributed by atoms with van der Waals surface area (Å²) in [5.41, 5.74) is 9.04. The maximum Gasteiger partial charge on any atom is 0.293 e. The first kappa shape index (κ1) is 15.2. The number of thiocarbonyl (C=S) groups is 1. The highest BCUT2D eigenvalue weighted by Gasteiger charge is 2.21. The number of nitrogens with one attached hydrogen (secondary N) is 1. The number of hydrogen-bond donors (Lipinski definition) is 2. The lowest BCUT2D eigenvalue weighted by atomic mass is 10.1. The van der Waals surface area contributed by atoms with Crippen LogP contribution in [0.4, 0.5) is 11.4 Å². The molecule has 1 fully saturated rings. The van der Waals surface area contributed by atoms with E-state index in [1.165, 1.54) is 18.7 Å². The SMILES string of the molecule is NC(=S)N/N=C/c1ccc(N2CCCCC2)c([N+](=O)[O-])c1. The second-order valence-corrected chi connectivity index (χ2v) is 5.23. The molecular formula is C13H17N5O2S. The van der Waals surface area contributed by atoms with E-state index >= 15 is 0 Å². The molecule has 1 aliphatic rings. The fraction of sp³-hybridized carbons (Fsp3) is 0.385. The van der Waals surface area contributed by atoms with Gasteiger partial charge in [-0.1, -0.05) is 6.07 Å². The Kier molecular flexibility index (Phi) is 5.04. The van der Waals surface area contributed by atoms with Crippen molar-refractivity contribution in [3.05, 3.63) is 33.9 Å². The average Bonchev–Trinajstić information content (AvgIpc) is 2.47. The van der Waals surface area contributed by atoms with Crippen molar-refractivity contribution in [2.45, 2.75) is 19.3 Å². The zero-order valence-corrected chi connectivity index (χ0v) is 12.3. The fourth-order valence-corrected chi connectivity index (χ4v) is 2.39. The number of nitro benzene ring substituents is 1. The van der Waals surface area contributed by atoms with Crippen LogP contribution >= 0.6 is 12.2 Å². The lowest BCUT2D eigenvalue weighted by Crippen LogP contribution is -2.30. The Bertz CT molecular complexity index is 570. The Morgan fingerprint density at radius 2 is 2.14 bits per heavy atom. The van der Waals surface area contributed by atoms with Crippen molar-refractivity contribution >= 4 is 34.9 Å². The van der Waals surface area contributed by atoms with Crippen molar-refractivity contribution < 1.29 is 4.92 Å². The van der Waals surface area contributed by atoms with E-state index in [-0.39, 0.29) is 15.7 Å². The van der Waals surface area contributed by atoms with Gasteiger partial charge in [0, 0.05) is 24.7 Å². The van der Waals surface area contributed by atoms with Crippen LogP contribution in [0.5, 0.6) is 0 Å². The van der Waals surface area contributed by atoms with Gasteiger partial charge in [-0.05, 0) is 37.5 Å². The van der Waals surface area contributed by atoms with Crippen molar-refractivity contribution in [3.63, 3.8) is 0 Å². The van der Waals surface area contributed by atoms with E-state index in [9.17, 15) is 10.1 Å². The standard InChI is InChI=1S/C13H17N5O2S/c14-13(21)16-15-9-10-4-5-11(12(8-10)18(19)20)17-6-2-1-3-7-17/h4-5,8-9H,1-3,6-7H2,(H3,14,16,21)/b15-9+.